The number of benzene rings is 2. The molecule has 0 spiro atoms. The molecule has 0 bridgehead atoms. The third-order valence-corrected chi connectivity index (χ3v) is 7.62. The fourth-order valence-electron chi connectivity index (χ4n) is 5.57. The number of rotatable bonds is 8. The van der Waals surface area contributed by atoms with Gasteiger partial charge in [-0.15, -0.1) is 0 Å². The predicted octanol–water partition coefficient (Wildman–Crippen LogP) is 4.72. The number of likely N-dealkylation sites (tertiary alicyclic amines) is 1. The Morgan fingerprint density at radius 1 is 0.975 bits per heavy atom. The molecule has 0 radical (unpaired) electrons. The predicted molar refractivity (Wildman–Crippen MR) is 160 cm³/mol. The van der Waals surface area contributed by atoms with Crippen molar-refractivity contribution in [1.29, 1.82) is 0 Å². The van der Waals surface area contributed by atoms with Gasteiger partial charge in [-0.25, -0.2) is 4.99 Å². The molecule has 1 aromatic heterocycles. The van der Waals surface area contributed by atoms with E-state index in [1.165, 1.54) is 4.57 Å². The van der Waals surface area contributed by atoms with E-state index in [1.54, 1.807) is 6.20 Å². The maximum atomic E-state index is 13.3. The summed E-state index contributed by atoms with van der Waals surface area (Å²) in [6.45, 7) is 7.18. The van der Waals surface area contributed by atoms with Crippen molar-refractivity contribution in [3.63, 3.8) is 0 Å². The minimum atomic E-state index is -0.168. The van der Waals surface area contributed by atoms with Crippen LogP contribution < -0.4 is 11.3 Å². The largest absolute Gasteiger partial charge is 0.387 e. The lowest BCUT2D eigenvalue weighted by atomic mass is 9.99. The number of carbonyl (C=O) groups excluding carboxylic acids is 2. The Hall–Kier alpha value is -4.20. The van der Waals surface area contributed by atoms with Gasteiger partial charge in [-0.05, 0) is 72.5 Å². The fraction of sp³-hybridized carbons (Fsp3) is 0.375. The maximum absolute atomic E-state index is 13.3. The monoisotopic (exact) mass is 539 g/mol. The summed E-state index contributed by atoms with van der Waals surface area (Å²) in [5.41, 5.74) is 10.2. The van der Waals surface area contributed by atoms with E-state index in [0.717, 1.165) is 60.8 Å². The van der Waals surface area contributed by atoms with E-state index in [0.29, 0.717) is 42.0 Å². The standard InChI is InChI=1S/C32H37N5O3/c1-3-12-36(13-4-2)31(39)26-18-25-8-7-23(19-28(25)34-29(33)20-26)22-9-10-27-24(17-22)11-16-37(32(27)40)21-30(38)35-14-5-6-15-35/h7-11,16-19H,3-6,12-15,20-21H2,1-2H3,(H2,33,34). The number of pyridine rings is 1. The van der Waals surface area contributed by atoms with Crippen LogP contribution in [-0.4, -0.2) is 58.2 Å². The molecule has 2 aliphatic rings. The quantitative estimate of drug-likeness (QED) is 0.448. The highest BCUT2D eigenvalue weighted by Gasteiger charge is 2.22. The molecule has 2 amide bonds. The van der Waals surface area contributed by atoms with Crippen LogP contribution in [0.2, 0.25) is 0 Å². The summed E-state index contributed by atoms with van der Waals surface area (Å²) in [5.74, 6) is 0.412. The van der Waals surface area contributed by atoms with E-state index in [-0.39, 0.29) is 23.9 Å². The van der Waals surface area contributed by atoms with Crippen LogP contribution in [-0.2, 0) is 16.1 Å². The van der Waals surface area contributed by atoms with Gasteiger partial charge in [0.1, 0.15) is 12.4 Å². The first kappa shape index (κ1) is 27.4. The second-order valence-corrected chi connectivity index (χ2v) is 10.7. The number of hydrogen-bond acceptors (Lipinski definition) is 5. The molecule has 0 atom stereocenters. The Bertz CT molecular complexity index is 1560. The van der Waals surface area contributed by atoms with Crippen LogP contribution in [0.3, 0.4) is 0 Å². The lowest BCUT2D eigenvalue weighted by Gasteiger charge is -2.22. The lowest BCUT2D eigenvalue weighted by molar-refractivity contribution is -0.130. The molecule has 1 saturated heterocycles. The Morgan fingerprint density at radius 3 is 2.40 bits per heavy atom. The number of carbonyl (C=O) groups is 2. The van der Waals surface area contributed by atoms with Gasteiger partial charge in [0.25, 0.3) is 5.56 Å². The first-order valence-electron chi connectivity index (χ1n) is 14.3. The first-order valence-corrected chi connectivity index (χ1v) is 14.3. The molecule has 1 fully saturated rings. The van der Waals surface area contributed by atoms with Gasteiger partial charge in [0.2, 0.25) is 11.8 Å². The number of hydrogen-bond donors (Lipinski definition) is 1. The second kappa shape index (κ2) is 11.9. The van der Waals surface area contributed by atoms with Gasteiger partial charge in [0.15, 0.2) is 0 Å². The van der Waals surface area contributed by atoms with Crippen LogP contribution in [0.25, 0.3) is 28.0 Å². The molecule has 2 aromatic carbocycles. The Kier molecular flexibility index (Phi) is 8.14. The van der Waals surface area contributed by atoms with Gasteiger partial charge in [-0.3, -0.25) is 14.4 Å². The number of fused-ring (bicyclic) bond motifs is 2. The molecular weight excluding hydrogens is 502 g/mol. The Balaban J connectivity index is 1.42. The molecule has 3 aromatic rings. The summed E-state index contributed by atoms with van der Waals surface area (Å²) in [7, 11) is 0. The SMILES string of the molecule is CCCN(CCC)C(=O)C1=Cc2ccc(-c3ccc4c(=O)n(CC(=O)N5CCCC5)ccc4c3)cc2N=C(N)C1. The topological polar surface area (TPSA) is 101 Å². The molecule has 8 heteroatoms. The maximum Gasteiger partial charge on any atom is 0.258 e. The van der Waals surface area contributed by atoms with E-state index >= 15 is 0 Å². The summed E-state index contributed by atoms with van der Waals surface area (Å²) in [6.07, 6.45) is 7.78. The summed E-state index contributed by atoms with van der Waals surface area (Å²) in [4.78, 5) is 47.3. The van der Waals surface area contributed by atoms with Crippen LogP contribution in [0.15, 0.2) is 64.0 Å². The molecule has 0 unspecified atom stereocenters. The van der Waals surface area contributed by atoms with Gasteiger partial charge in [0.05, 0.1) is 5.69 Å². The highest BCUT2D eigenvalue weighted by Crippen LogP contribution is 2.33. The number of nitrogens with zero attached hydrogens (tertiary/aromatic N) is 4. The van der Waals surface area contributed by atoms with Crippen LogP contribution in [0.1, 0.15) is 51.5 Å². The molecule has 2 aliphatic heterocycles. The van der Waals surface area contributed by atoms with Crippen molar-refractivity contribution < 1.29 is 9.59 Å². The summed E-state index contributed by atoms with van der Waals surface area (Å²) in [6, 6.07) is 13.5. The molecule has 208 valence electrons. The van der Waals surface area contributed by atoms with Crippen LogP contribution in [0, 0.1) is 0 Å². The average Bonchev–Trinajstić information content (AvgIpc) is 3.44. The van der Waals surface area contributed by atoms with Crippen molar-refractivity contribution in [2.24, 2.45) is 10.7 Å². The van der Waals surface area contributed by atoms with Gasteiger partial charge < -0.3 is 20.1 Å². The minimum absolute atomic E-state index is 0.0114. The summed E-state index contributed by atoms with van der Waals surface area (Å²) in [5, 5.41) is 1.39. The molecule has 5 rings (SSSR count). The molecular formula is C32H37N5O3. The zero-order chi connectivity index (χ0) is 28.2. The lowest BCUT2D eigenvalue weighted by Crippen LogP contribution is -2.34. The van der Waals surface area contributed by atoms with Gasteiger partial charge >= 0.3 is 0 Å². The van der Waals surface area contributed by atoms with Gasteiger partial charge in [-0.1, -0.05) is 32.0 Å². The molecule has 8 nitrogen and oxygen atoms in total. The van der Waals surface area contributed by atoms with Crippen molar-refractivity contribution in [3.05, 3.63) is 70.2 Å². The van der Waals surface area contributed by atoms with Crippen molar-refractivity contribution in [2.45, 2.75) is 52.5 Å². The number of amides is 2. The molecule has 40 heavy (non-hydrogen) atoms. The van der Waals surface area contributed by atoms with Crippen molar-refractivity contribution in [3.8, 4) is 11.1 Å². The smallest absolute Gasteiger partial charge is 0.258 e. The van der Waals surface area contributed by atoms with Gasteiger partial charge in [0, 0.05) is 55.3 Å². The van der Waals surface area contributed by atoms with Crippen molar-refractivity contribution >= 4 is 40.2 Å². The number of nitrogens with two attached hydrogens (primary N) is 1. The fourth-order valence-corrected chi connectivity index (χ4v) is 5.57. The first-order chi connectivity index (χ1) is 19.4. The van der Waals surface area contributed by atoms with E-state index < -0.39 is 0 Å². The van der Waals surface area contributed by atoms with Crippen LogP contribution in [0.4, 0.5) is 5.69 Å². The zero-order valence-corrected chi connectivity index (χ0v) is 23.4. The van der Waals surface area contributed by atoms with E-state index in [2.05, 4.69) is 18.8 Å². The van der Waals surface area contributed by atoms with Crippen molar-refractivity contribution in [2.75, 3.05) is 26.2 Å². The minimum Gasteiger partial charge on any atom is -0.387 e. The number of aliphatic imine (C=N–C) groups is 1. The van der Waals surface area contributed by atoms with E-state index in [4.69, 9.17) is 5.73 Å². The third kappa shape index (κ3) is 5.71. The second-order valence-electron chi connectivity index (χ2n) is 10.7. The highest BCUT2D eigenvalue weighted by atomic mass is 16.2. The van der Waals surface area contributed by atoms with Crippen LogP contribution >= 0.6 is 0 Å². The average molecular weight is 540 g/mol. The van der Waals surface area contributed by atoms with E-state index in [1.807, 2.05) is 58.3 Å². The highest BCUT2D eigenvalue weighted by molar-refractivity contribution is 6.05. The van der Waals surface area contributed by atoms with E-state index in [9.17, 15) is 14.4 Å². The number of aromatic nitrogens is 1. The normalized spacial score (nSPS) is 14.9. The van der Waals surface area contributed by atoms with Crippen molar-refractivity contribution in [1.82, 2.24) is 14.4 Å². The third-order valence-electron chi connectivity index (χ3n) is 7.62. The summed E-state index contributed by atoms with van der Waals surface area (Å²) >= 11 is 0. The molecule has 2 N–H and O–H groups in total. The number of amidine groups is 1. The molecule has 0 saturated carbocycles. The zero-order valence-electron chi connectivity index (χ0n) is 23.4. The van der Waals surface area contributed by atoms with Gasteiger partial charge in [-0.2, -0.15) is 0 Å². The molecule has 0 aliphatic carbocycles. The Morgan fingerprint density at radius 2 is 1.68 bits per heavy atom. The van der Waals surface area contributed by atoms with Crippen LogP contribution in [0.5, 0.6) is 0 Å². The molecule has 3 heterocycles. The Labute approximate surface area is 234 Å². The summed E-state index contributed by atoms with van der Waals surface area (Å²) < 4.78 is 1.50.